The van der Waals surface area contributed by atoms with Crippen molar-refractivity contribution in [2.45, 2.75) is 20.0 Å². The zero-order valence-electron chi connectivity index (χ0n) is 10.4. The van der Waals surface area contributed by atoms with Gasteiger partial charge in [0, 0.05) is 18.7 Å². The zero-order valence-corrected chi connectivity index (χ0v) is 10.4. The lowest BCUT2D eigenvalue weighted by Gasteiger charge is -2.24. The third-order valence-corrected chi connectivity index (χ3v) is 2.84. The van der Waals surface area contributed by atoms with Crippen LogP contribution in [0.2, 0.25) is 0 Å². The average molecular weight is 249 g/mol. The molecule has 1 aromatic rings. The lowest BCUT2D eigenvalue weighted by atomic mass is 10.00. The molecule has 0 N–H and O–H groups in total. The van der Waals surface area contributed by atoms with Crippen LogP contribution in [0.25, 0.3) is 0 Å². The molecule has 5 nitrogen and oxygen atoms in total. The van der Waals surface area contributed by atoms with Crippen molar-refractivity contribution in [1.29, 1.82) is 0 Å². The predicted octanol–water partition coefficient (Wildman–Crippen LogP) is 1.57. The summed E-state index contributed by atoms with van der Waals surface area (Å²) in [6.45, 7) is 4.34. The second-order valence-electron chi connectivity index (χ2n) is 4.20. The highest BCUT2D eigenvalue weighted by atomic mass is 16.6. The van der Waals surface area contributed by atoms with E-state index in [-0.39, 0.29) is 17.7 Å². The van der Waals surface area contributed by atoms with E-state index in [2.05, 4.69) is 4.98 Å². The first-order valence-corrected chi connectivity index (χ1v) is 5.80. The van der Waals surface area contributed by atoms with Crippen LogP contribution in [0.3, 0.4) is 0 Å². The molecule has 18 heavy (non-hydrogen) atoms. The Morgan fingerprint density at radius 3 is 2.61 bits per heavy atom. The van der Waals surface area contributed by atoms with Crippen LogP contribution in [0.5, 0.6) is 0 Å². The standard InChI is InChI=1S/C13H15NO4/c1-8(15)11-6-14-12(9(2)16)5-10(11)13-7-17-3-4-18-13/h5-6,13H,3-4,7H2,1-2H3/t13-/m0/s1. The zero-order chi connectivity index (χ0) is 13.1. The summed E-state index contributed by atoms with van der Waals surface area (Å²) in [7, 11) is 0. The van der Waals surface area contributed by atoms with Gasteiger partial charge in [-0.05, 0) is 18.6 Å². The van der Waals surface area contributed by atoms with E-state index in [0.717, 1.165) is 0 Å². The smallest absolute Gasteiger partial charge is 0.178 e. The fraction of sp³-hybridized carbons (Fsp3) is 0.462. The highest BCUT2D eigenvalue weighted by molar-refractivity contribution is 5.97. The number of hydrogen-bond donors (Lipinski definition) is 0. The van der Waals surface area contributed by atoms with Gasteiger partial charge in [-0.3, -0.25) is 14.6 Å². The van der Waals surface area contributed by atoms with Crippen molar-refractivity contribution in [3.8, 4) is 0 Å². The molecule has 1 saturated heterocycles. The normalized spacial score (nSPS) is 19.6. The number of rotatable bonds is 3. The van der Waals surface area contributed by atoms with Gasteiger partial charge in [0.25, 0.3) is 0 Å². The maximum absolute atomic E-state index is 11.6. The molecule has 96 valence electrons. The van der Waals surface area contributed by atoms with Crippen LogP contribution in [-0.4, -0.2) is 36.4 Å². The molecule has 1 aliphatic rings. The van der Waals surface area contributed by atoms with Crippen LogP contribution < -0.4 is 0 Å². The molecule has 0 radical (unpaired) electrons. The molecule has 0 aromatic carbocycles. The SMILES string of the molecule is CC(=O)c1cc([C@@H]2COCCO2)c(C(C)=O)cn1. The van der Waals surface area contributed by atoms with E-state index in [9.17, 15) is 9.59 Å². The van der Waals surface area contributed by atoms with E-state index in [0.29, 0.717) is 36.6 Å². The van der Waals surface area contributed by atoms with Crippen LogP contribution in [0.4, 0.5) is 0 Å². The predicted molar refractivity (Wildman–Crippen MR) is 63.8 cm³/mol. The molecule has 1 aromatic heterocycles. The van der Waals surface area contributed by atoms with Crippen molar-refractivity contribution in [2.24, 2.45) is 0 Å². The third kappa shape index (κ3) is 2.63. The number of ketones is 2. The van der Waals surface area contributed by atoms with Crippen LogP contribution in [-0.2, 0) is 9.47 Å². The first-order valence-electron chi connectivity index (χ1n) is 5.80. The molecule has 2 rings (SSSR count). The second-order valence-corrected chi connectivity index (χ2v) is 4.20. The topological polar surface area (TPSA) is 65.5 Å². The molecule has 1 aliphatic heterocycles. The van der Waals surface area contributed by atoms with Crippen molar-refractivity contribution >= 4 is 11.6 Å². The van der Waals surface area contributed by atoms with Crippen molar-refractivity contribution in [1.82, 2.24) is 4.98 Å². The van der Waals surface area contributed by atoms with Crippen LogP contribution >= 0.6 is 0 Å². The first-order chi connectivity index (χ1) is 8.59. The minimum Gasteiger partial charge on any atom is -0.376 e. The molecule has 0 unspecified atom stereocenters. The highest BCUT2D eigenvalue weighted by Crippen LogP contribution is 2.25. The Kier molecular flexibility index (Phi) is 3.84. The van der Waals surface area contributed by atoms with Crippen LogP contribution in [0, 0.1) is 0 Å². The van der Waals surface area contributed by atoms with E-state index in [4.69, 9.17) is 9.47 Å². The number of carbonyl (C=O) groups excluding carboxylic acids is 2. The Morgan fingerprint density at radius 1 is 1.28 bits per heavy atom. The number of Topliss-reactive ketones (excluding diaryl/α,β-unsaturated/α-hetero) is 2. The van der Waals surface area contributed by atoms with Crippen LogP contribution in [0.1, 0.15) is 46.4 Å². The minimum absolute atomic E-state index is 0.0956. The molecule has 0 spiro atoms. The van der Waals surface area contributed by atoms with E-state index >= 15 is 0 Å². The summed E-state index contributed by atoms with van der Waals surface area (Å²) in [5.74, 6) is -0.232. The Bertz CT molecular complexity index is 478. The lowest BCUT2D eigenvalue weighted by molar-refractivity contribution is -0.0903. The molecule has 1 fully saturated rings. The summed E-state index contributed by atoms with van der Waals surface area (Å²) in [6.07, 6.45) is 1.13. The molecule has 0 amide bonds. The monoisotopic (exact) mass is 249 g/mol. The van der Waals surface area contributed by atoms with Gasteiger partial charge in [-0.15, -0.1) is 0 Å². The lowest BCUT2D eigenvalue weighted by Crippen LogP contribution is -2.24. The summed E-state index contributed by atoms with van der Waals surface area (Å²) < 4.78 is 10.9. The number of pyridine rings is 1. The summed E-state index contributed by atoms with van der Waals surface area (Å²) >= 11 is 0. The average Bonchev–Trinajstić information content (AvgIpc) is 2.39. The largest absolute Gasteiger partial charge is 0.376 e. The molecule has 0 saturated carbocycles. The summed E-state index contributed by atoms with van der Waals surface area (Å²) in [4.78, 5) is 26.9. The Hall–Kier alpha value is -1.59. The number of nitrogens with zero attached hydrogens (tertiary/aromatic N) is 1. The van der Waals surface area contributed by atoms with Gasteiger partial charge in [0.05, 0.1) is 19.8 Å². The number of carbonyl (C=O) groups is 2. The summed E-state index contributed by atoms with van der Waals surface area (Å²) in [6, 6.07) is 1.62. The maximum Gasteiger partial charge on any atom is 0.178 e. The summed E-state index contributed by atoms with van der Waals surface area (Å²) in [5.41, 5.74) is 1.50. The Labute approximate surface area is 105 Å². The van der Waals surface area contributed by atoms with Gasteiger partial charge >= 0.3 is 0 Å². The number of aromatic nitrogens is 1. The maximum atomic E-state index is 11.6. The number of ether oxygens (including phenoxy) is 2. The molecular formula is C13H15NO4. The van der Waals surface area contributed by atoms with Gasteiger partial charge in [-0.2, -0.15) is 0 Å². The van der Waals surface area contributed by atoms with E-state index < -0.39 is 0 Å². The molecular weight excluding hydrogens is 234 g/mol. The van der Waals surface area contributed by atoms with Gasteiger partial charge in [0.1, 0.15) is 11.8 Å². The Morgan fingerprint density at radius 2 is 2.06 bits per heavy atom. The van der Waals surface area contributed by atoms with Gasteiger partial charge in [-0.1, -0.05) is 0 Å². The van der Waals surface area contributed by atoms with Crippen LogP contribution in [0.15, 0.2) is 12.3 Å². The first kappa shape index (κ1) is 12.9. The number of hydrogen-bond acceptors (Lipinski definition) is 5. The summed E-state index contributed by atoms with van der Waals surface area (Å²) in [5, 5.41) is 0. The fourth-order valence-electron chi connectivity index (χ4n) is 1.89. The van der Waals surface area contributed by atoms with E-state index in [1.807, 2.05) is 0 Å². The highest BCUT2D eigenvalue weighted by Gasteiger charge is 2.22. The minimum atomic E-state index is -0.307. The van der Waals surface area contributed by atoms with Crippen molar-refractivity contribution in [3.05, 3.63) is 29.1 Å². The molecule has 0 aliphatic carbocycles. The fourth-order valence-corrected chi connectivity index (χ4v) is 1.89. The second kappa shape index (κ2) is 5.37. The van der Waals surface area contributed by atoms with Gasteiger partial charge in [-0.25, -0.2) is 0 Å². The van der Waals surface area contributed by atoms with E-state index in [1.54, 1.807) is 6.07 Å². The molecule has 5 heteroatoms. The van der Waals surface area contributed by atoms with Crippen molar-refractivity contribution in [3.63, 3.8) is 0 Å². The van der Waals surface area contributed by atoms with E-state index in [1.165, 1.54) is 20.0 Å². The quantitative estimate of drug-likeness (QED) is 0.761. The third-order valence-electron chi connectivity index (χ3n) is 2.84. The molecule has 0 bridgehead atoms. The van der Waals surface area contributed by atoms with Crippen molar-refractivity contribution < 1.29 is 19.1 Å². The van der Waals surface area contributed by atoms with Gasteiger partial charge in [0.2, 0.25) is 0 Å². The Balaban J connectivity index is 2.42. The molecule has 2 heterocycles. The molecule has 1 atom stereocenters. The van der Waals surface area contributed by atoms with Gasteiger partial charge in [0.15, 0.2) is 11.6 Å². The van der Waals surface area contributed by atoms with Crippen molar-refractivity contribution in [2.75, 3.05) is 19.8 Å². The van der Waals surface area contributed by atoms with Gasteiger partial charge < -0.3 is 9.47 Å².